The molecule has 0 rings (SSSR count). The summed E-state index contributed by atoms with van der Waals surface area (Å²) >= 11 is 0. The van der Waals surface area contributed by atoms with Gasteiger partial charge in [0.25, 0.3) is 0 Å². The molecule has 0 aromatic rings. The van der Waals surface area contributed by atoms with Crippen LogP contribution in [0.1, 0.15) is 0 Å². The van der Waals surface area contributed by atoms with E-state index >= 15 is 0 Å². The van der Waals surface area contributed by atoms with E-state index in [1.807, 2.05) is 0 Å². The first-order valence-electron chi connectivity index (χ1n) is 0. The quantitative estimate of drug-likeness (QED) is 0.340. The molecule has 0 amide bonds. The van der Waals surface area contributed by atoms with Crippen molar-refractivity contribution in [1.82, 2.24) is 0 Å². The Hall–Kier alpha value is 1.35. The van der Waals surface area contributed by atoms with E-state index in [4.69, 9.17) is 0 Å². The van der Waals surface area contributed by atoms with Gasteiger partial charge in [-0.05, 0) is 0 Å². The molecule has 0 radical (unpaired) electrons. The Bertz CT molecular complexity index is 7.61. The standard InChI is InChI=1S/2CH3.2ClH.Mg/h2*1H3;2*1H;/q2*-1;;;+2. The summed E-state index contributed by atoms with van der Waals surface area (Å²) in [5, 5.41) is 0. The van der Waals surface area contributed by atoms with E-state index in [0.29, 0.717) is 0 Å². The SMILES string of the molecule is Cl.Cl.[CH3-].[CH3-].[Mg+2]. The van der Waals surface area contributed by atoms with Crippen molar-refractivity contribution in [2.24, 2.45) is 0 Å². The summed E-state index contributed by atoms with van der Waals surface area (Å²) in [5.74, 6) is 0. The minimum absolute atomic E-state index is 0. The third kappa shape index (κ3) is 33.0. The van der Waals surface area contributed by atoms with Crippen LogP contribution >= 0.6 is 24.8 Å². The van der Waals surface area contributed by atoms with Crippen LogP contribution in [0.15, 0.2) is 0 Å². The van der Waals surface area contributed by atoms with Crippen molar-refractivity contribution >= 4 is 47.9 Å². The summed E-state index contributed by atoms with van der Waals surface area (Å²) in [5.41, 5.74) is 0. The average molecular weight is 127 g/mol. The predicted octanol–water partition coefficient (Wildman–Crippen LogP) is 1.36. The molecule has 0 nitrogen and oxygen atoms in total. The molecule has 0 fully saturated rings. The van der Waals surface area contributed by atoms with Crippen molar-refractivity contribution in [3.8, 4) is 0 Å². The first-order chi connectivity index (χ1) is 0. The number of halogens is 2. The van der Waals surface area contributed by atoms with Gasteiger partial charge in [-0.1, -0.05) is 0 Å². The minimum atomic E-state index is 0. The van der Waals surface area contributed by atoms with Crippen LogP contribution in [0.25, 0.3) is 0 Å². The fourth-order valence-electron chi connectivity index (χ4n) is 0. The van der Waals surface area contributed by atoms with Crippen LogP contribution in [0.5, 0.6) is 0 Å². The molecule has 0 bridgehead atoms. The summed E-state index contributed by atoms with van der Waals surface area (Å²) < 4.78 is 0. The summed E-state index contributed by atoms with van der Waals surface area (Å²) in [6, 6.07) is 0. The van der Waals surface area contributed by atoms with Crippen molar-refractivity contribution in [2.75, 3.05) is 0 Å². The Labute approximate surface area is 62.7 Å². The molecule has 0 N–H and O–H groups in total. The Morgan fingerprint density at radius 3 is 0.600 bits per heavy atom. The van der Waals surface area contributed by atoms with Gasteiger partial charge in [0.15, 0.2) is 0 Å². The third-order valence-corrected chi connectivity index (χ3v) is 0. The van der Waals surface area contributed by atoms with Crippen LogP contribution in [0.3, 0.4) is 0 Å². The van der Waals surface area contributed by atoms with Gasteiger partial charge in [0.2, 0.25) is 0 Å². The molecule has 0 aromatic carbocycles. The van der Waals surface area contributed by atoms with Crippen LogP contribution < -0.4 is 0 Å². The van der Waals surface area contributed by atoms with Gasteiger partial charge in [-0.3, -0.25) is 0 Å². The van der Waals surface area contributed by atoms with Gasteiger partial charge in [-0.15, -0.1) is 24.8 Å². The number of hydrogen-bond acceptors (Lipinski definition) is 0. The second kappa shape index (κ2) is 55.7. The first kappa shape index (κ1) is 100. The first-order valence-corrected chi connectivity index (χ1v) is 0. The molecule has 0 aliphatic heterocycles. The van der Waals surface area contributed by atoms with Gasteiger partial charge in [0, 0.05) is 0 Å². The van der Waals surface area contributed by atoms with Gasteiger partial charge in [-0.25, -0.2) is 0 Å². The van der Waals surface area contributed by atoms with Gasteiger partial charge in [-0.2, -0.15) is 0 Å². The van der Waals surface area contributed by atoms with Crippen molar-refractivity contribution < 1.29 is 0 Å². The molecule has 5 heavy (non-hydrogen) atoms. The largest absolute Gasteiger partial charge is 2.00 e. The molecule has 0 saturated heterocycles. The molecule has 3 heteroatoms. The topological polar surface area (TPSA) is 0 Å². The fraction of sp³-hybridized carbons (Fsp3) is 0. The second-order valence-corrected chi connectivity index (χ2v) is 0. The van der Waals surface area contributed by atoms with Crippen LogP contribution in [-0.2, 0) is 0 Å². The maximum absolute atomic E-state index is 0. The molecule has 0 atom stereocenters. The molecule has 0 aromatic heterocycles. The van der Waals surface area contributed by atoms with Gasteiger partial charge in [0.1, 0.15) is 0 Å². The van der Waals surface area contributed by atoms with E-state index < -0.39 is 0 Å². The molecule has 0 spiro atoms. The van der Waals surface area contributed by atoms with Crippen LogP contribution in [0.2, 0.25) is 0 Å². The van der Waals surface area contributed by atoms with Crippen LogP contribution in [-0.4, -0.2) is 23.1 Å². The zero-order valence-corrected chi connectivity index (χ0v) is 6.57. The Kier molecular flexibility index (Phi) is 1120. The molecule has 32 valence electrons. The fourth-order valence-corrected chi connectivity index (χ4v) is 0. The van der Waals surface area contributed by atoms with Gasteiger partial charge < -0.3 is 14.9 Å². The normalized spacial score (nSPS) is 0. The zero-order valence-electron chi connectivity index (χ0n) is 3.52. The number of rotatable bonds is 0. The van der Waals surface area contributed by atoms with E-state index in [2.05, 4.69) is 0 Å². The van der Waals surface area contributed by atoms with Crippen molar-refractivity contribution in [3.63, 3.8) is 0 Å². The molecule has 0 saturated carbocycles. The van der Waals surface area contributed by atoms with Gasteiger partial charge in [0.05, 0.1) is 0 Å². The van der Waals surface area contributed by atoms with Crippen molar-refractivity contribution in [1.29, 1.82) is 0 Å². The van der Waals surface area contributed by atoms with E-state index in [1.165, 1.54) is 0 Å². The molecule has 0 aliphatic rings. The number of hydrogen-bond donors (Lipinski definition) is 0. The molecule has 0 unspecified atom stereocenters. The predicted molar refractivity (Wildman–Crippen MR) is 33.1 cm³/mol. The Morgan fingerprint density at radius 1 is 0.600 bits per heavy atom. The Balaban J connectivity index is 0. The summed E-state index contributed by atoms with van der Waals surface area (Å²) in [4.78, 5) is 0. The van der Waals surface area contributed by atoms with E-state index in [0.717, 1.165) is 0 Å². The maximum atomic E-state index is 0. The zero-order chi connectivity index (χ0) is 0. The van der Waals surface area contributed by atoms with Crippen molar-refractivity contribution in [3.05, 3.63) is 14.9 Å². The summed E-state index contributed by atoms with van der Waals surface area (Å²) in [7, 11) is 0. The monoisotopic (exact) mass is 126 g/mol. The van der Waals surface area contributed by atoms with Crippen LogP contribution in [0.4, 0.5) is 0 Å². The molecule has 0 aliphatic carbocycles. The van der Waals surface area contributed by atoms with Crippen LogP contribution in [0, 0.1) is 14.9 Å². The Morgan fingerprint density at radius 2 is 0.600 bits per heavy atom. The maximum Gasteiger partial charge on any atom is 2.00 e. The molecular weight excluding hydrogens is 119 g/mol. The van der Waals surface area contributed by atoms with E-state index in [9.17, 15) is 0 Å². The summed E-state index contributed by atoms with van der Waals surface area (Å²) in [6.07, 6.45) is 0. The van der Waals surface area contributed by atoms with E-state index in [1.54, 1.807) is 0 Å². The van der Waals surface area contributed by atoms with Gasteiger partial charge >= 0.3 is 23.1 Å². The third-order valence-electron chi connectivity index (χ3n) is 0. The average Bonchev–Trinajstić information content (AvgIpc) is 0. The van der Waals surface area contributed by atoms with E-state index in [-0.39, 0.29) is 62.7 Å². The molecule has 0 heterocycles. The minimum Gasteiger partial charge on any atom is -0.358 e. The van der Waals surface area contributed by atoms with Crippen molar-refractivity contribution in [2.45, 2.75) is 0 Å². The smallest absolute Gasteiger partial charge is 0.358 e. The second-order valence-electron chi connectivity index (χ2n) is 0. The summed E-state index contributed by atoms with van der Waals surface area (Å²) in [6.45, 7) is 0. The molecular formula is C2H8Cl2Mg.